The summed E-state index contributed by atoms with van der Waals surface area (Å²) in [6, 6.07) is 5.81. The molecule has 4 nitrogen and oxygen atoms in total. The van der Waals surface area contributed by atoms with Gasteiger partial charge < -0.3 is 10.4 Å². The number of nitrogens with one attached hydrogen (secondary N) is 1. The summed E-state index contributed by atoms with van der Waals surface area (Å²) in [5, 5.41) is 11.6. The van der Waals surface area contributed by atoms with Crippen molar-refractivity contribution in [1.82, 2.24) is 5.32 Å². The fourth-order valence-corrected chi connectivity index (χ4v) is 2.26. The van der Waals surface area contributed by atoms with E-state index < -0.39 is 11.5 Å². The minimum Gasteiger partial charge on any atom is -0.481 e. The van der Waals surface area contributed by atoms with Crippen LogP contribution in [0.15, 0.2) is 22.7 Å². The summed E-state index contributed by atoms with van der Waals surface area (Å²) in [5.41, 5.74) is 1.53. The molecule has 0 unspecified atom stereocenters. The Morgan fingerprint density at radius 2 is 2.00 bits per heavy atom. The summed E-state index contributed by atoms with van der Waals surface area (Å²) < 4.78 is 0.980. The molecule has 5 heteroatoms. The fourth-order valence-electron chi connectivity index (χ4n) is 1.84. The number of carboxylic acid groups (broad SMARTS) is 1. The van der Waals surface area contributed by atoms with E-state index in [0.29, 0.717) is 6.42 Å². The molecule has 1 aromatic carbocycles. The van der Waals surface area contributed by atoms with Crippen molar-refractivity contribution in [3.8, 4) is 0 Å². The summed E-state index contributed by atoms with van der Waals surface area (Å²) >= 11 is 3.44. The number of carbonyl (C=O) groups is 2. The first kappa shape index (κ1) is 16.7. The van der Waals surface area contributed by atoms with Gasteiger partial charge in [-0.2, -0.15) is 0 Å². The van der Waals surface area contributed by atoms with E-state index in [0.717, 1.165) is 15.6 Å². The monoisotopic (exact) mass is 341 g/mol. The average Bonchev–Trinajstić information content (AvgIpc) is 2.31. The Bertz CT molecular complexity index is 512. The van der Waals surface area contributed by atoms with Gasteiger partial charge in [0, 0.05) is 16.4 Å². The molecular weight excluding hydrogens is 322 g/mol. The Labute approximate surface area is 127 Å². The molecule has 0 aliphatic rings. The molecular formula is C15H20BrNO3. The van der Waals surface area contributed by atoms with Gasteiger partial charge in [-0.05, 0) is 44.4 Å². The van der Waals surface area contributed by atoms with Gasteiger partial charge in [0.1, 0.15) is 0 Å². The molecule has 0 spiro atoms. The summed E-state index contributed by atoms with van der Waals surface area (Å²) in [6.07, 6.45) is 0.740. The highest BCUT2D eigenvalue weighted by molar-refractivity contribution is 9.10. The van der Waals surface area contributed by atoms with Crippen molar-refractivity contribution >= 4 is 27.8 Å². The van der Waals surface area contributed by atoms with Crippen LogP contribution in [0.2, 0.25) is 0 Å². The maximum absolute atomic E-state index is 12.0. The lowest BCUT2D eigenvalue weighted by atomic mass is 9.97. The van der Waals surface area contributed by atoms with E-state index in [1.54, 1.807) is 0 Å². The third kappa shape index (κ3) is 5.74. The van der Waals surface area contributed by atoms with E-state index >= 15 is 0 Å². The number of benzene rings is 1. The zero-order chi connectivity index (χ0) is 15.3. The lowest BCUT2D eigenvalue weighted by Crippen LogP contribution is -2.44. The van der Waals surface area contributed by atoms with E-state index in [1.807, 2.05) is 39.0 Å². The van der Waals surface area contributed by atoms with Crippen molar-refractivity contribution < 1.29 is 14.7 Å². The maximum atomic E-state index is 12.0. The molecule has 110 valence electrons. The molecule has 0 aromatic heterocycles. The molecule has 0 fully saturated rings. The largest absolute Gasteiger partial charge is 0.481 e. The van der Waals surface area contributed by atoms with Crippen molar-refractivity contribution in [1.29, 1.82) is 0 Å². The zero-order valence-electron chi connectivity index (χ0n) is 12.0. The molecule has 0 aliphatic carbocycles. The first-order valence-corrected chi connectivity index (χ1v) is 7.27. The normalized spacial score (nSPS) is 11.2. The average molecular weight is 342 g/mol. The van der Waals surface area contributed by atoms with Gasteiger partial charge in [0.2, 0.25) is 5.91 Å². The predicted octanol–water partition coefficient (Wildman–Crippen LogP) is 3.06. The number of carbonyl (C=O) groups excluding carboxylic acids is 1. The minimum absolute atomic E-state index is 0.0450. The first-order chi connectivity index (χ1) is 9.19. The SMILES string of the molecule is Cc1ccc(CC(=O)NC(C)(C)CCC(=O)O)cc1Br. The summed E-state index contributed by atoms with van der Waals surface area (Å²) in [4.78, 5) is 22.6. The molecule has 20 heavy (non-hydrogen) atoms. The smallest absolute Gasteiger partial charge is 0.303 e. The van der Waals surface area contributed by atoms with E-state index in [4.69, 9.17) is 5.11 Å². The number of halogens is 1. The number of rotatable bonds is 6. The van der Waals surface area contributed by atoms with Crippen molar-refractivity contribution in [2.75, 3.05) is 0 Å². The van der Waals surface area contributed by atoms with Crippen LogP contribution in [0.25, 0.3) is 0 Å². The second-order valence-electron chi connectivity index (χ2n) is 5.59. The Kier molecular flexibility index (Phi) is 5.74. The highest BCUT2D eigenvalue weighted by Crippen LogP contribution is 2.18. The number of hydrogen-bond acceptors (Lipinski definition) is 2. The van der Waals surface area contributed by atoms with Gasteiger partial charge >= 0.3 is 5.97 Å². The lowest BCUT2D eigenvalue weighted by molar-refractivity contribution is -0.137. The maximum Gasteiger partial charge on any atom is 0.303 e. The number of amides is 1. The van der Waals surface area contributed by atoms with Gasteiger partial charge in [0.15, 0.2) is 0 Å². The van der Waals surface area contributed by atoms with E-state index in [-0.39, 0.29) is 18.7 Å². The summed E-state index contributed by atoms with van der Waals surface area (Å²) in [5.74, 6) is -0.953. The third-order valence-corrected chi connectivity index (χ3v) is 3.90. The Balaban J connectivity index is 2.58. The van der Waals surface area contributed by atoms with Gasteiger partial charge in [0.05, 0.1) is 6.42 Å². The van der Waals surface area contributed by atoms with Crippen LogP contribution in [-0.4, -0.2) is 22.5 Å². The number of aliphatic carboxylic acids is 1. The minimum atomic E-state index is -0.852. The molecule has 0 saturated heterocycles. The molecule has 0 atom stereocenters. The van der Waals surface area contributed by atoms with Crippen LogP contribution in [0.1, 0.15) is 37.8 Å². The van der Waals surface area contributed by atoms with Gasteiger partial charge in [-0.3, -0.25) is 9.59 Å². The van der Waals surface area contributed by atoms with Gasteiger partial charge in [-0.1, -0.05) is 28.1 Å². The van der Waals surface area contributed by atoms with Crippen LogP contribution >= 0.6 is 15.9 Å². The van der Waals surface area contributed by atoms with Crippen LogP contribution in [0.3, 0.4) is 0 Å². The standard InChI is InChI=1S/C15H20BrNO3/c1-10-4-5-11(8-12(10)16)9-13(18)17-15(2,3)7-6-14(19)20/h4-5,8H,6-7,9H2,1-3H3,(H,17,18)(H,19,20). The van der Waals surface area contributed by atoms with Crippen LogP contribution in [0.5, 0.6) is 0 Å². The highest BCUT2D eigenvalue weighted by Gasteiger charge is 2.21. The first-order valence-electron chi connectivity index (χ1n) is 6.47. The summed E-state index contributed by atoms with van der Waals surface area (Å²) in [6.45, 7) is 5.65. The Morgan fingerprint density at radius 3 is 2.55 bits per heavy atom. The van der Waals surface area contributed by atoms with Gasteiger partial charge in [0.25, 0.3) is 0 Å². The molecule has 1 rings (SSSR count). The van der Waals surface area contributed by atoms with Gasteiger partial charge in [-0.25, -0.2) is 0 Å². The number of carboxylic acids is 1. The van der Waals surface area contributed by atoms with Gasteiger partial charge in [-0.15, -0.1) is 0 Å². The fraction of sp³-hybridized carbons (Fsp3) is 0.467. The molecule has 0 heterocycles. The quantitative estimate of drug-likeness (QED) is 0.835. The second-order valence-corrected chi connectivity index (χ2v) is 6.44. The zero-order valence-corrected chi connectivity index (χ0v) is 13.6. The van der Waals surface area contributed by atoms with Crippen LogP contribution in [-0.2, 0) is 16.0 Å². The van der Waals surface area contributed by atoms with Crippen molar-refractivity contribution in [3.05, 3.63) is 33.8 Å². The van der Waals surface area contributed by atoms with E-state index in [9.17, 15) is 9.59 Å². The lowest BCUT2D eigenvalue weighted by Gasteiger charge is -2.25. The third-order valence-electron chi connectivity index (χ3n) is 3.04. The topological polar surface area (TPSA) is 66.4 Å². The molecule has 2 N–H and O–H groups in total. The van der Waals surface area contributed by atoms with Crippen molar-refractivity contribution in [2.45, 2.75) is 45.6 Å². The molecule has 1 amide bonds. The molecule has 1 aromatic rings. The van der Waals surface area contributed by atoms with Crippen LogP contribution in [0, 0.1) is 6.92 Å². The predicted molar refractivity (Wildman–Crippen MR) is 81.7 cm³/mol. The van der Waals surface area contributed by atoms with Crippen LogP contribution in [0.4, 0.5) is 0 Å². The number of aryl methyl sites for hydroxylation is 1. The van der Waals surface area contributed by atoms with E-state index in [1.165, 1.54) is 0 Å². The molecule has 0 radical (unpaired) electrons. The molecule has 0 saturated carbocycles. The van der Waals surface area contributed by atoms with E-state index in [2.05, 4.69) is 21.2 Å². The second kappa shape index (κ2) is 6.88. The Hall–Kier alpha value is -1.36. The molecule has 0 bridgehead atoms. The summed E-state index contributed by atoms with van der Waals surface area (Å²) in [7, 11) is 0. The van der Waals surface area contributed by atoms with Crippen molar-refractivity contribution in [2.24, 2.45) is 0 Å². The van der Waals surface area contributed by atoms with Crippen LogP contribution < -0.4 is 5.32 Å². The number of hydrogen-bond donors (Lipinski definition) is 2. The highest BCUT2D eigenvalue weighted by atomic mass is 79.9. The van der Waals surface area contributed by atoms with Crippen molar-refractivity contribution in [3.63, 3.8) is 0 Å². The molecule has 0 aliphatic heterocycles. The Morgan fingerprint density at radius 1 is 1.35 bits per heavy atom.